The van der Waals surface area contributed by atoms with Gasteiger partial charge in [-0.25, -0.2) is 24.1 Å². The highest BCUT2D eigenvalue weighted by Gasteiger charge is 2.33. The molecule has 0 spiro atoms. The average Bonchev–Trinajstić information content (AvgIpc) is 3.53. The van der Waals surface area contributed by atoms with Crippen LogP contribution < -0.4 is 4.74 Å². The number of pyridine rings is 1. The van der Waals surface area contributed by atoms with Crippen LogP contribution in [0.4, 0.5) is 13.2 Å². The standard InChI is InChI=1S/C22H12Cl2F3N7OS/c1-10-6-15(22(25,26)27)29-21-16(10)17-18(36-21)20-30-19(32-34(20)8-28-17)13-4-5-33(31-13)9-35-14-3-2-11(23)7-12(14)24/h2-8H,9H2,1H3. The fourth-order valence-electron chi connectivity index (χ4n) is 3.74. The molecule has 0 unspecified atom stereocenters. The van der Waals surface area contributed by atoms with E-state index in [1.165, 1.54) is 10.8 Å². The Morgan fingerprint density at radius 3 is 2.69 bits per heavy atom. The Labute approximate surface area is 213 Å². The van der Waals surface area contributed by atoms with E-state index in [9.17, 15) is 13.2 Å². The number of halogens is 5. The molecule has 182 valence electrons. The van der Waals surface area contributed by atoms with Gasteiger partial charge in [-0.2, -0.15) is 18.3 Å². The van der Waals surface area contributed by atoms with E-state index in [2.05, 4.69) is 25.1 Å². The Morgan fingerprint density at radius 2 is 1.92 bits per heavy atom. The van der Waals surface area contributed by atoms with Crippen LogP contribution >= 0.6 is 34.5 Å². The van der Waals surface area contributed by atoms with Gasteiger partial charge in [-0.3, -0.25) is 0 Å². The Balaban J connectivity index is 1.35. The number of alkyl halides is 3. The molecule has 1 aromatic carbocycles. The minimum absolute atomic E-state index is 0.0866. The van der Waals surface area contributed by atoms with Crippen molar-refractivity contribution in [2.45, 2.75) is 19.8 Å². The van der Waals surface area contributed by atoms with Crippen molar-refractivity contribution in [2.75, 3.05) is 0 Å². The molecule has 0 atom stereocenters. The lowest BCUT2D eigenvalue weighted by Gasteiger charge is -2.07. The number of rotatable bonds is 4. The van der Waals surface area contributed by atoms with Crippen LogP contribution in [0.25, 0.3) is 37.6 Å². The highest BCUT2D eigenvalue weighted by molar-refractivity contribution is 7.26. The molecule has 0 aliphatic heterocycles. The van der Waals surface area contributed by atoms with Crippen molar-refractivity contribution in [2.24, 2.45) is 0 Å². The summed E-state index contributed by atoms with van der Waals surface area (Å²) >= 11 is 13.1. The average molecular weight is 550 g/mol. The van der Waals surface area contributed by atoms with Gasteiger partial charge in [0.25, 0.3) is 0 Å². The zero-order valence-electron chi connectivity index (χ0n) is 18.1. The number of benzene rings is 1. The number of nitrogens with zero attached hydrogens (tertiary/aromatic N) is 7. The number of aromatic nitrogens is 7. The summed E-state index contributed by atoms with van der Waals surface area (Å²) < 4.78 is 49.1. The predicted molar refractivity (Wildman–Crippen MR) is 130 cm³/mol. The third kappa shape index (κ3) is 3.91. The molecule has 0 amide bonds. The zero-order valence-corrected chi connectivity index (χ0v) is 20.4. The summed E-state index contributed by atoms with van der Waals surface area (Å²) in [6.07, 6.45) is -1.37. The lowest BCUT2D eigenvalue weighted by Crippen LogP contribution is -2.07. The largest absolute Gasteiger partial charge is 0.470 e. The monoisotopic (exact) mass is 549 g/mol. The van der Waals surface area contributed by atoms with Crippen LogP contribution in [0.3, 0.4) is 0 Å². The highest BCUT2D eigenvalue weighted by Crippen LogP contribution is 2.38. The van der Waals surface area contributed by atoms with Crippen molar-refractivity contribution in [1.29, 1.82) is 0 Å². The number of ether oxygens (including phenoxy) is 1. The third-order valence-corrected chi connectivity index (χ3v) is 6.97. The molecule has 6 rings (SSSR count). The Morgan fingerprint density at radius 1 is 1.08 bits per heavy atom. The smallest absolute Gasteiger partial charge is 0.433 e. The van der Waals surface area contributed by atoms with Gasteiger partial charge < -0.3 is 4.74 Å². The van der Waals surface area contributed by atoms with Crippen LogP contribution in [0.5, 0.6) is 5.75 Å². The molecular weight excluding hydrogens is 538 g/mol. The van der Waals surface area contributed by atoms with Crippen molar-refractivity contribution in [1.82, 2.24) is 34.3 Å². The van der Waals surface area contributed by atoms with Crippen LogP contribution in [0.2, 0.25) is 10.0 Å². The molecule has 5 aromatic heterocycles. The number of hydrogen-bond acceptors (Lipinski definition) is 7. The molecule has 0 N–H and O–H groups in total. The highest BCUT2D eigenvalue weighted by atomic mass is 35.5. The molecule has 5 heterocycles. The van der Waals surface area contributed by atoms with E-state index >= 15 is 0 Å². The fourth-order valence-corrected chi connectivity index (χ4v) is 5.39. The topological polar surface area (TPSA) is 83.0 Å². The number of fused-ring (bicyclic) bond motifs is 5. The van der Waals surface area contributed by atoms with Crippen molar-refractivity contribution < 1.29 is 17.9 Å². The maximum atomic E-state index is 13.3. The van der Waals surface area contributed by atoms with Crippen molar-refractivity contribution in [3.63, 3.8) is 0 Å². The molecule has 0 bridgehead atoms. The van der Waals surface area contributed by atoms with E-state index < -0.39 is 11.9 Å². The van der Waals surface area contributed by atoms with E-state index in [1.54, 1.807) is 42.1 Å². The molecule has 0 aliphatic rings. The third-order valence-electron chi connectivity index (χ3n) is 5.37. The normalized spacial score (nSPS) is 12.3. The van der Waals surface area contributed by atoms with Gasteiger partial charge in [-0.1, -0.05) is 23.2 Å². The second-order valence-corrected chi connectivity index (χ2v) is 9.66. The van der Waals surface area contributed by atoms with Gasteiger partial charge in [0.15, 0.2) is 12.4 Å². The predicted octanol–water partition coefficient (Wildman–Crippen LogP) is 6.42. The Bertz CT molecular complexity index is 1790. The van der Waals surface area contributed by atoms with E-state index in [-0.39, 0.29) is 11.6 Å². The van der Waals surface area contributed by atoms with Gasteiger partial charge in [0.2, 0.25) is 5.82 Å². The van der Waals surface area contributed by atoms with Crippen molar-refractivity contribution in [3.05, 3.63) is 64.2 Å². The molecule has 8 nitrogen and oxygen atoms in total. The second-order valence-electron chi connectivity index (χ2n) is 7.82. The Hall–Kier alpha value is -3.48. The molecule has 0 fully saturated rings. The first-order valence-corrected chi connectivity index (χ1v) is 11.9. The molecule has 6 aromatic rings. The summed E-state index contributed by atoms with van der Waals surface area (Å²) in [5, 5.41) is 10.3. The molecule has 36 heavy (non-hydrogen) atoms. The van der Waals surface area contributed by atoms with E-state index in [4.69, 9.17) is 27.9 Å². The maximum Gasteiger partial charge on any atom is 0.433 e. The van der Waals surface area contributed by atoms with Gasteiger partial charge in [-0.15, -0.1) is 16.4 Å². The summed E-state index contributed by atoms with van der Waals surface area (Å²) in [6, 6.07) is 7.66. The number of hydrogen-bond donors (Lipinski definition) is 0. The quantitative estimate of drug-likeness (QED) is 0.252. The van der Waals surface area contributed by atoms with E-state index in [1.807, 2.05) is 0 Å². The first-order chi connectivity index (χ1) is 17.2. The minimum atomic E-state index is -4.54. The molecule has 0 radical (unpaired) electrons. The van der Waals surface area contributed by atoms with Crippen molar-refractivity contribution >= 4 is 60.6 Å². The second kappa shape index (κ2) is 8.29. The van der Waals surface area contributed by atoms with Crippen LogP contribution in [0.1, 0.15) is 11.3 Å². The maximum absolute atomic E-state index is 13.3. The number of aryl methyl sites for hydroxylation is 1. The lowest BCUT2D eigenvalue weighted by molar-refractivity contribution is -0.141. The summed E-state index contributed by atoms with van der Waals surface area (Å²) in [5.74, 6) is 0.783. The fraction of sp³-hybridized carbons (Fsp3) is 0.136. The molecule has 0 saturated carbocycles. The first-order valence-electron chi connectivity index (χ1n) is 10.3. The lowest BCUT2D eigenvalue weighted by atomic mass is 10.1. The zero-order chi connectivity index (χ0) is 25.2. The summed E-state index contributed by atoms with van der Waals surface area (Å²) in [6.45, 7) is 1.70. The summed E-state index contributed by atoms with van der Waals surface area (Å²) in [5.41, 5.74) is 0.954. The Kier molecular flexibility index (Phi) is 5.28. The van der Waals surface area contributed by atoms with Gasteiger partial charge >= 0.3 is 6.18 Å². The number of thiophene rings is 1. The van der Waals surface area contributed by atoms with E-state index in [0.29, 0.717) is 54.1 Å². The van der Waals surface area contributed by atoms with Crippen LogP contribution in [-0.2, 0) is 12.9 Å². The van der Waals surface area contributed by atoms with Crippen molar-refractivity contribution in [3.8, 4) is 17.3 Å². The van der Waals surface area contributed by atoms with Crippen LogP contribution in [0.15, 0.2) is 42.9 Å². The minimum Gasteiger partial charge on any atom is -0.470 e. The molecule has 0 aliphatic carbocycles. The SMILES string of the molecule is Cc1cc(C(F)(F)F)nc2sc3c(ncn4nc(-c5ccn(COc6ccc(Cl)cc6Cl)n5)nc34)c12. The molecular formula is C22H12Cl2F3N7OS. The molecule has 0 saturated heterocycles. The van der Waals surface area contributed by atoms with Gasteiger partial charge in [0.1, 0.15) is 33.0 Å². The van der Waals surface area contributed by atoms with Crippen LogP contribution in [0, 0.1) is 6.92 Å². The summed E-state index contributed by atoms with van der Waals surface area (Å²) in [4.78, 5) is 13.1. The van der Waals surface area contributed by atoms with Gasteiger partial charge in [0, 0.05) is 16.6 Å². The molecule has 14 heteroatoms. The van der Waals surface area contributed by atoms with Gasteiger partial charge in [0.05, 0.1) is 10.5 Å². The van der Waals surface area contributed by atoms with Gasteiger partial charge in [-0.05, 0) is 42.8 Å². The summed E-state index contributed by atoms with van der Waals surface area (Å²) in [7, 11) is 0. The van der Waals surface area contributed by atoms with Crippen LogP contribution in [-0.4, -0.2) is 34.3 Å². The first kappa shape index (κ1) is 23.0. The van der Waals surface area contributed by atoms with E-state index in [0.717, 1.165) is 17.4 Å².